The molecule has 0 spiro atoms. The molecule has 1 saturated carbocycles. The number of hydrogen-bond donors (Lipinski definition) is 5. The lowest BCUT2D eigenvalue weighted by Gasteiger charge is -2.13. The van der Waals surface area contributed by atoms with Crippen molar-refractivity contribution >= 4 is 28.6 Å². The monoisotopic (exact) mass is 362 g/mol. The highest BCUT2D eigenvalue weighted by atomic mass is 15.2. The van der Waals surface area contributed by atoms with Gasteiger partial charge in [0.25, 0.3) is 0 Å². The molecule has 10 nitrogen and oxygen atoms in total. The number of nitrogens with two attached hydrogens (primary N) is 1. The quantitative estimate of drug-likeness (QED) is 0.328. The second-order valence-corrected chi connectivity index (χ2v) is 6.50. The molecule has 0 bridgehead atoms. The third-order valence-corrected chi connectivity index (χ3v) is 4.41. The summed E-state index contributed by atoms with van der Waals surface area (Å²) in [5.74, 6) is 2.81. The summed E-state index contributed by atoms with van der Waals surface area (Å²) < 4.78 is 0. The Kier molecular flexibility index (Phi) is 3.68. The van der Waals surface area contributed by atoms with Crippen LogP contribution in [0.5, 0.6) is 0 Å². The zero-order valence-corrected chi connectivity index (χ0v) is 14.3. The van der Waals surface area contributed by atoms with Crippen molar-refractivity contribution in [2.24, 2.45) is 5.73 Å². The summed E-state index contributed by atoms with van der Waals surface area (Å²) in [4.78, 5) is 20.4. The van der Waals surface area contributed by atoms with E-state index in [4.69, 9.17) is 5.73 Å². The Balaban J connectivity index is 1.30. The number of aromatic nitrogens is 7. The van der Waals surface area contributed by atoms with Gasteiger partial charge in [0.15, 0.2) is 11.6 Å². The Morgan fingerprint density at radius 3 is 2.96 bits per heavy atom. The van der Waals surface area contributed by atoms with E-state index in [1.54, 1.807) is 18.5 Å². The van der Waals surface area contributed by atoms with Crippen LogP contribution < -0.4 is 16.4 Å². The fourth-order valence-electron chi connectivity index (χ4n) is 2.84. The van der Waals surface area contributed by atoms with Crippen LogP contribution >= 0.6 is 0 Å². The van der Waals surface area contributed by atoms with Gasteiger partial charge in [0.05, 0.1) is 17.2 Å². The Hall–Kier alpha value is -3.53. The van der Waals surface area contributed by atoms with Crippen LogP contribution in [0.3, 0.4) is 0 Å². The van der Waals surface area contributed by atoms with Gasteiger partial charge in [-0.05, 0) is 25.0 Å². The lowest BCUT2D eigenvalue weighted by atomic mass is 10.3. The molecule has 1 unspecified atom stereocenters. The Labute approximate surface area is 154 Å². The van der Waals surface area contributed by atoms with Crippen LogP contribution in [0.1, 0.15) is 36.4 Å². The summed E-state index contributed by atoms with van der Waals surface area (Å²) in [5, 5.41) is 13.5. The smallest absolute Gasteiger partial charge is 0.226 e. The van der Waals surface area contributed by atoms with Gasteiger partial charge in [0.2, 0.25) is 5.95 Å². The van der Waals surface area contributed by atoms with Gasteiger partial charge < -0.3 is 21.4 Å². The molecule has 4 aromatic heterocycles. The molecule has 5 rings (SSSR count). The summed E-state index contributed by atoms with van der Waals surface area (Å²) in [6, 6.07) is 5.65. The van der Waals surface area contributed by atoms with Crippen molar-refractivity contribution in [3.05, 3.63) is 48.3 Å². The lowest BCUT2D eigenvalue weighted by molar-refractivity contribution is 0.750. The summed E-state index contributed by atoms with van der Waals surface area (Å²) in [6.07, 6.45) is 6.97. The summed E-state index contributed by atoms with van der Waals surface area (Å²) in [6.45, 7) is 0. The molecule has 6 N–H and O–H groups in total. The third-order valence-electron chi connectivity index (χ3n) is 4.41. The fourth-order valence-corrected chi connectivity index (χ4v) is 2.84. The van der Waals surface area contributed by atoms with E-state index in [1.165, 1.54) is 12.8 Å². The SMILES string of the molecule is NC(Nc1nccc(Nc2cc(C3CC3)[nH]n2)n1)c1ncc2[nH]ccc2n1. The zero-order chi connectivity index (χ0) is 18.2. The van der Waals surface area contributed by atoms with E-state index in [-0.39, 0.29) is 0 Å². The standard InChI is InChI=1S/C17H18N10/c18-15(16-21-8-12-10(22-16)3-5-19-12)25-17-20-6-4-13(24-17)23-14-7-11(26-27-14)9-1-2-9/h3-9,15,19H,1-2,18H2,(H3,20,23,24,25,26,27). The second-order valence-electron chi connectivity index (χ2n) is 6.50. The van der Waals surface area contributed by atoms with E-state index in [2.05, 4.69) is 45.8 Å². The van der Waals surface area contributed by atoms with Crippen LogP contribution in [0.2, 0.25) is 0 Å². The summed E-state index contributed by atoms with van der Waals surface area (Å²) in [7, 11) is 0. The highest BCUT2D eigenvalue weighted by Crippen LogP contribution is 2.39. The zero-order valence-electron chi connectivity index (χ0n) is 14.3. The van der Waals surface area contributed by atoms with Gasteiger partial charge in [-0.15, -0.1) is 0 Å². The van der Waals surface area contributed by atoms with E-state index in [0.717, 1.165) is 22.5 Å². The molecular weight excluding hydrogens is 344 g/mol. The van der Waals surface area contributed by atoms with Gasteiger partial charge in [-0.1, -0.05) is 0 Å². The largest absolute Gasteiger partial charge is 0.359 e. The van der Waals surface area contributed by atoms with Crippen molar-refractivity contribution in [2.75, 3.05) is 10.6 Å². The van der Waals surface area contributed by atoms with Crippen LogP contribution in [-0.2, 0) is 0 Å². The number of aromatic amines is 2. The topological polar surface area (TPSA) is 146 Å². The van der Waals surface area contributed by atoms with Gasteiger partial charge in [0.1, 0.15) is 12.0 Å². The number of fused-ring (bicyclic) bond motifs is 1. The number of H-pyrrole nitrogens is 2. The van der Waals surface area contributed by atoms with Gasteiger partial charge in [-0.2, -0.15) is 10.1 Å². The van der Waals surface area contributed by atoms with Crippen LogP contribution in [-0.4, -0.2) is 35.1 Å². The number of nitrogens with one attached hydrogen (secondary N) is 4. The van der Waals surface area contributed by atoms with Crippen molar-refractivity contribution in [1.29, 1.82) is 0 Å². The molecule has 1 fully saturated rings. The molecule has 0 saturated heterocycles. The van der Waals surface area contributed by atoms with E-state index >= 15 is 0 Å². The first-order valence-electron chi connectivity index (χ1n) is 8.72. The first kappa shape index (κ1) is 15.7. The van der Waals surface area contributed by atoms with Crippen LogP contribution in [0.25, 0.3) is 11.0 Å². The van der Waals surface area contributed by atoms with Crippen molar-refractivity contribution in [1.82, 2.24) is 35.1 Å². The summed E-state index contributed by atoms with van der Waals surface area (Å²) >= 11 is 0. The van der Waals surface area contributed by atoms with Crippen LogP contribution in [0, 0.1) is 0 Å². The Morgan fingerprint density at radius 1 is 1.15 bits per heavy atom. The molecule has 10 heteroatoms. The Bertz CT molecular complexity index is 1080. The van der Waals surface area contributed by atoms with Crippen LogP contribution in [0.4, 0.5) is 17.6 Å². The summed E-state index contributed by atoms with van der Waals surface area (Å²) in [5.41, 5.74) is 8.99. The first-order valence-corrected chi connectivity index (χ1v) is 8.72. The van der Waals surface area contributed by atoms with Crippen molar-refractivity contribution in [3.63, 3.8) is 0 Å². The molecule has 1 aliphatic rings. The van der Waals surface area contributed by atoms with Gasteiger partial charge in [-0.3, -0.25) is 5.10 Å². The van der Waals surface area contributed by atoms with Crippen molar-refractivity contribution < 1.29 is 0 Å². The fraction of sp³-hybridized carbons (Fsp3) is 0.235. The number of nitrogens with zero attached hydrogens (tertiary/aromatic N) is 5. The molecule has 1 aliphatic carbocycles. The van der Waals surface area contributed by atoms with E-state index in [1.807, 2.05) is 18.3 Å². The average Bonchev–Trinajstić information content (AvgIpc) is 3.23. The molecule has 27 heavy (non-hydrogen) atoms. The molecule has 4 heterocycles. The van der Waals surface area contributed by atoms with Gasteiger partial charge in [-0.25, -0.2) is 15.0 Å². The third kappa shape index (κ3) is 3.29. The van der Waals surface area contributed by atoms with E-state index in [0.29, 0.717) is 23.5 Å². The molecule has 0 amide bonds. The van der Waals surface area contributed by atoms with Gasteiger partial charge >= 0.3 is 0 Å². The molecule has 0 aromatic carbocycles. The number of hydrogen-bond acceptors (Lipinski definition) is 8. The maximum Gasteiger partial charge on any atom is 0.226 e. The molecule has 4 aromatic rings. The predicted octanol–water partition coefficient (Wildman–Crippen LogP) is 2.16. The van der Waals surface area contributed by atoms with Crippen molar-refractivity contribution in [3.8, 4) is 0 Å². The van der Waals surface area contributed by atoms with Crippen molar-refractivity contribution in [2.45, 2.75) is 24.9 Å². The minimum Gasteiger partial charge on any atom is -0.359 e. The average molecular weight is 362 g/mol. The minimum atomic E-state index is -0.633. The van der Waals surface area contributed by atoms with Crippen LogP contribution in [0.15, 0.2) is 36.8 Å². The predicted molar refractivity (Wildman–Crippen MR) is 100 cm³/mol. The number of rotatable bonds is 6. The Morgan fingerprint density at radius 2 is 2.07 bits per heavy atom. The highest BCUT2D eigenvalue weighted by Gasteiger charge is 2.25. The maximum absolute atomic E-state index is 6.17. The van der Waals surface area contributed by atoms with E-state index < -0.39 is 6.17 Å². The normalized spacial score (nSPS) is 15.0. The molecule has 136 valence electrons. The molecule has 0 aliphatic heterocycles. The number of anilines is 3. The first-order chi connectivity index (χ1) is 13.2. The molecule has 1 atom stereocenters. The molecule has 0 radical (unpaired) electrons. The maximum atomic E-state index is 6.17. The van der Waals surface area contributed by atoms with Gasteiger partial charge in [0, 0.05) is 30.1 Å². The minimum absolute atomic E-state index is 0.378. The molecular formula is C17H18N10. The second kappa shape index (κ2) is 6.32. The highest BCUT2D eigenvalue weighted by molar-refractivity contribution is 5.73. The lowest BCUT2D eigenvalue weighted by Crippen LogP contribution is -2.23. The van der Waals surface area contributed by atoms with E-state index in [9.17, 15) is 0 Å².